The van der Waals surface area contributed by atoms with Gasteiger partial charge in [-0.25, -0.2) is 0 Å². The average molecular weight is 288 g/mol. The first-order chi connectivity index (χ1) is 9.99. The van der Waals surface area contributed by atoms with Gasteiger partial charge >= 0.3 is 0 Å². The van der Waals surface area contributed by atoms with E-state index in [4.69, 9.17) is 5.73 Å². The zero-order valence-corrected chi connectivity index (χ0v) is 13.5. The predicted molar refractivity (Wildman–Crippen MR) is 86.7 cm³/mol. The quantitative estimate of drug-likeness (QED) is 0.923. The summed E-state index contributed by atoms with van der Waals surface area (Å²) in [6.07, 6.45) is 2.48. The van der Waals surface area contributed by atoms with E-state index >= 15 is 0 Å². The molecule has 2 rings (SSSR count). The second kappa shape index (κ2) is 7.08. The SMILES string of the molecule is CC1CC(C)C(C)N(C(=O)CCC(N)c2ccccc2)C1. The van der Waals surface area contributed by atoms with E-state index < -0.39 is 0 Å². The largest absolute Gasteiger partial charge is 0.339 e. The first kappa shape index (κ1) is 16.0. The number of amides is 1. The lowest BCUT2D eigenvalue weighted by atomic mass is 9.85. The summed E-state index contributed by atoms with van der Waals surface area (Å²) in [6.45, 7) is 7.55. The summed E-state index contributed by atoms with van der Waals surface area (Å²) in [7, 11) is 0. The van der Waals surface area contributed by atoms with Gasteiger partial charge in [-0.1, -0.05) is 44.2 Å². The van der Waals surface area contributed by atoms with Crippen molar-refractivity contribution in [1.29, 1.82) is 0 Å². The van der Waals surface area contributed by atoms with Crippen molar-refractivity contribution in [2.75, 3.05) is 6.54 Å². The van der Waals surface area contributed by atoms with E-state index in [-0.39, 0.29) is 11.9 Å². The van der Waals surface area contributed by atoms with Crippen molar-refractivity contribution in [3.05, 3.63) is 35.9 Å². The van der Waals surface area contributed by atoms with Gasteiger partial charge in [0.05, 0.1) is 0 Å². The molecule has 1 aromatic carbocycles. The molecule has 3 heteroatoms. The van der Waals surface area contributed by atoms with Crippen LogP contribution >= 0.6 is 0 Å². The standard InChI is InChI=1S/C18H28N2O/c1-13-11-14(2)15(3)20(12-13)18(21)10-9-17(19)16-7-5-4-6-8-16/h4-8,13-15,17H,9-12,19H2,1-3H3. The van der Waals surface area contributed by atoms with Crippen LogP contribution in [0.5, 0.6) is 0 Å². The van der Waals surface area contributed by atoms with Gasteiger partial charge in [0, 0.05) is 25.0 Å². The number of nitrogens with zero attached hydrogens (tertiary/aromatic N) is 1. The molecule has 0 aliphatic carbocycles. The molecule has 1 fully saturated rings. The number of nitrogens with two attached hydrogens (primary N) is 1. The zero-order chi connectivity index (χ0) is 15.4. The highest BCUT2D eigenvalue weighted by atomic mass is 16.2. The molecule has 0 spiro atoms. The lowest BCUT2D eigenvalue weighted by Gasteiger charge is -2.41. The summed E-state index contributed by atoms with van der Waals surface area (Å²) in [5, 5.41) is 0. The number of hydrogen-bond acceptors (Lipinski definition) is 2. The third kappa shape index (κ3) is 4.07. The molecule has 1 aromatic rings. The van der Waals surface area contributed by atoms with Gasteiger partial charge in [0.15, 0.2) is 0 Å². The molecular weight excluding hydrogens is 260 g/mol. The van der Waals surface area contributed by atoms with Gasteiger partial charge in [0.1, 0.15) is 0 Å². The Morgan fingerprint density at radius 3 is 2.62 bits per heavy atom. The highest BCUT2D eigenvalue weighted by Gasteiger charge is 2.31. The van der Waals surface area contributed by atoms with Crippen molar-refractivity contribution in [2.24, 2.45) is 17.6 Å². The fraction of sp³-hybridized carbons (Fsp3) is 0.611. The molecule has 1 aliphatic rings. The van der Waals surface area contributed by atoms with Gasteiger partial charge in [0.25, 0.3) is 0 Å². The molecule has 1 amide bonds. The Morgan fingerprint density at radius 2 is 1.95 bits per heavy atom. The smallest absolute Gasteiger partial charge is 0.222 e. The first-order valence-electron chi connectivity index (χ1n) is 8.09. The van der Waals surface area contributed by atoms with E-state index in [0.717, 1.165) is 18.5 Å². The van der Waals surface area contributed by atoms with Crippen LogP contribution in [0, 0.1) is 11.8 Å². The summed E-state index contributed by atoms with van der Waals surface area (Å²) in [5.41, 5.74) is 7.30. The number of likely N-dealkylation sites (tertiary alicyclic amines) is 1. The lowest BCUT2D eigenvalue weighted by molar-refractivity contribution is -0.137. The molecule has 21 heavy (non-hydrogen) atoms. The van der Waals surface area contributed by atoms with E-state index in [1.165, 1.54) is 6.42 Å². The van der Waals surface area contributed by atoms with Crippen molar-refractivity contribution in [3.63, 3.8) is 0 Å². The molecule has 0 radical (unpaired) electrons. The molecule has 4 atom stereocenters. The minimum atomic E-state index is -0.0508. The van der Waals surface area contributed by atoms with E-state index in [0.29, 0.717) is 24.3 Å². The molecule has 0 aromatic heterocycles. The topological polar surface area (TPSA) is 46.3 Å². The number of benzene rings is 1. The van der Waals surface area contributed by atoms with Crippen LogP contribution in [0.1, 0.15) is 51.6 Å². The number of hydrogen-bond donors (Lipinski definition) is 1. The zero-order valence-electron chi connectivity index (χ0n) is 13.5. The Bertz CT molecular complexity index is 460. The van der Waals surface area contributed by atoms with E-state index in [2.05, 4.69) is 25.7 Å². The molecular formula is C18H28N2O. The van der Waals surface area contributed by atoms with Crippen LogP contribution < -0.4 is 5.73 Å². The van der Waals surface area contributed by atoms with Crippen LogP contribution in [-0.2, 0) is 4.79 Å². The predicted octanol–water partition coefficient (Wildman–Crippen LogP) is 3.36. The molecule has 1 saturated heterocycles. The molecule has 0 bridgehead atoms. The van der Waals surface area contributed by atoms with Gasteiger partial charge in [-0.05, 0) is 37.2 Å². The fourth-order valence-corrected chi connectivity index (χ4v) is 3.33. The summed E-state index contributed by atoms with van der Waals surface area (Å²) in [6, 6.07) is 10.3. The Kier molecular flexibility index (Phi) is 5.40. The van der Waals surface area contributed by atoms with Gasteiger partial charge < -0.3 is 10.6 Å². The van der Waals surface area contributed by atoms with Crippen LogP contribution in [0.4, 0.5) is 0 Å². The van der Waals surface area contributed by atoms with Crippen molar-refractivity contribution in [2.45, 2.75) is 52.1 Å². The third-order valence-corrected chi connectivity index (χ3v) is 4.81. The molecule has 2 N–H and O–H groups in total. The molecule has 0 saturated carbocycles. The maximum absolute atomic E-state index is 12.5. The molecule has 4 unspecified atom stereocenters. The van der Waals surface area contributed by atoms with Gasteiger partial charge in [-0.15, -0.1) is 0 Å². The third-order valence-electron chi connectivity index (χ3n) is 4.81. The summed E-state index contributed by atoms with van der Waals surface area (Å²) >= 11 is 0. The van der Waals surface area contributed by atoms with E-state index in [9.17, 15) is 4.79 Å². The second-order valence-electron chi connectivity index (χ2n) is 6.66. The van der Waals surface area contributed by atoms with Crippen molar-refractivity contribution < 1.29 is 4.79 Å². The average Bonchev–Trinajstić information content (AvgIpc) is 2.49. The number of piperidine rings is 1. The molecule has 1 aliphatic heterocycles. The highest BCUT2D eigenvalue weighted by molar-refractivity contribution is 5.76. The lowest BCUT2D eigenvalue weighted by Crippen LogP contribution is -2.48. The van der Waals surface area contributed by atoms with Crippen LogP contribution in [0.2, 0.25) is 0 Å². The minimum absolute atomic E-state index is 0.0508. The van der Waals surface area contributed by atoms with Crippen molar-refractivity contribution >= 4 is 5.91 Å². The van der Waals surface area contributed by atoms with Gasteiger partial charge in [0.2, 0.25) is 5.91 Å². The maximum atomic E-state index is 12.5. The Morgan fingerprint density at radius 1 is 1.29 bits per heavy atom. The highest BCUT2D eigenvalue weighted by Crippen LogP contribution is 2.28. The maximum Gasteiger partial charge on any atom is 0.222 e. The normalized spacial score (nSPS) is 27.4. The fourth-order valence-electron chi connectivity index (χ4n) is 3.33. The van der Waals surface area contributed by atoms with Crippen molar-refractivity contribution in [3.8, 4) is 0 Å². The Labute approximate surface area is 128 Å². The first-order valence-corrected chi connectivity index (χ1v) is 8.09. The van der Waals surface area contributed by atoms with Crippen LogP contribution in [0.15, 0.2) is 30.3 Å². The van der Waals surface area contributed by atoms with Crippen LogP contribution in [0.3, 0.4) is 0 Å². The van der Waals surface area contributed by atoms with Crippen LogP contribution in [0.25, 0.3) is 0 Å². The van der Waals surface area contributed by atoms with Crippen LogP contribution in [-0.4, -0.2) is 23.4 Å². The second-order valence-corrected chi connectivity index (χ2v) is 6.66. The summed E-state index contributed by atoms with van der Waals surface area (Å²) < 4.78 is 0. The van der Waals surface area contributed by atoms with E-state index in [1.807, 2.05) is 30.3 Å². The van der Waals surface area contributed by atoms with Gasteiger partial charge in [-0.2, -0.15) is 0 Å². The molecule has 1 heterocycles. The Hall–Kier alpha value is -1.35. The number of rotatable bonds is 4. The number of carbonyl (C=O) groups excluding carboxylic acids is 1. The van der Waals surface area contributed by atoms with Gasteiger partial charge in [-0.3, -0.25) is 4.79 Å². The van der Waals surface area contributed by atoms with Crippen molar-refractivity contribution in [1.82, 2.24) is 4.90 Å². The monoisotopic (exact) mass is 288 g/mol. The minimum Gasteiger partial charge on any atom is -0.339 e. The molecule has 3 nitrogen and oxygen atoms in total. The number of carbonyl (C=O) groups is 1. The summed E-state index contributed by atoms with van der Waals surface area (Å²) in [5.74, 6) is 1.44. The molecule has 116 valence electrons. The Balaban J connectivity index is 1.89. The van der Waals surface area contributed by atoms with E-state index in [1.54, 1.807) is 0 Å². The summed E-state index contributed by atoms with van der Waals surface area (Å²) in [4.78, 5) is 14.6.